The first kappa shape index (κ1) is 10.5. The summed E-state index contributed by atoms with van der Waals surface area (Å²) in [5.74, 6) is 0.914. The maximum atomic E-state index is 5.64. The maximum absolute atomic E-state index is 5.64. The lowest BCUT2D eigenvalue weighted by Crippen LogP contribution is -2.04. The van der Waals surface area contributed by atoms with E-state index in [0.29, 0.717) is 18.0 Å². The standard InChI is InChI=1S/C12H12N6/c13-12-16-10(9-7-15-18-11(9)17-12)14-6-8-4-2-1-3-5-8/h1-5,7H,6H2,(H4,13,14,15,16,17,18). The largest absolute Gasteiger partial charge is 0.368 e. The van der Waals surface area contributed by atoms with Crippen LogP contribution in [0.1, 0.15) is 5.56 Å². The molecule has 0 saturated heterocycles. The number of aromatic amines is 1. The van der Waals surface area contributed by atoms with E-state index >= 15 is 0 Å². The molecule has 6 heteroatoms. The molecule has 3 aromatic rings. The molecule has 4 N–H and O–H groups in total. The average molecular weight is 240 g/mol. The van der Waals surface area contributed by atoms with Gasteiger partial charge in [-0.05, 0) is 5.56 Å². The Morgan fingerprint density at radius 3 is 2.83 bits per heavy atom. The Hall–Kier alpha value is -2.63. The van der Waals surface area contributed by atoms with E-state index in [-0.39, 0.29) is 5.95 Å². The Morgan fingerprint density at radius 2 is 2.00 bits per heavy atom. The molecule has 0 radical (unpaired) electrons. The number of rotatable bonds is 3. The van der Waals surface area contributed by atoms with Crippen LogP contribution in [0.2, 0.25) is 0 Å². The van der Waals surface area contributed by atoms with Crippen molar-refractivity contribution in [2.75, 3.05) is 11.1 Å². The fraction of sp³-hybridized carbons (Fsp3) is 0.0833. The molecule has 90 valence electrons. The summed E-state index contributed by atoms with van der Waals surface area (Å²) >= 11 is 0. The molecular weight excluding hydrogens is 228 g/mol. The number of nitrogen functional groups attached to an aromatic ring is 1. The second-order valence-electron chi connectivity index (χ2n) is 3.90. The predicted molar refractivity (Wildman–Crippen MR) is 69.9 cm³/mol. The lowest BCUT2D eigenvalue weighted by molar-refractivity contribution is 1.08. The van der Waals surface area contributed by atoms with Crippen molar-refractivity contribution in [3.8, 4) is 0 Å². The smallest absolute Gasteiger partial charge is 0.224 e. The van der Waals surface area contributed by atoms with Crippen molar-refractivity contribution >= 4 is 22.8 Å². The molecule has 0 aliphatic carbocycles. The zero-order valence-electron chi connectivity index (χ0n) is 9.59. The van der Waals surface area contributed by atoms with Crippen LogP contribution in [-0.4, -0.2) is 20.2 Å². The quantitative estimate of drug-likeness (QED) is 0.646. The van der Waals surface area contributed by atoms with Crippen LogP contribution in [0.15, 0.2) is 36.5 Å². The third-order valence-electron chi connectivity index (χ3n) is 2.63. The number of nitrogens with zero attached hydrogens (tertiary/aromatic N) is 3. The summed E-state index contributed by atoms with van der Waals surface area (Å²) < 4.78 is 0. The van der Waals surface area contributed by atoms with Crippen LogP contribution < -0.4 is 11.1 Å². The molecule has 0 amide bonds. The SMILES string of the molecule is Nc1nc(NCc2ccccc2)c2cn[nH]c2n1. The minimum atomic E-state index is 0.224. The van der Waals surface area contributed by atoms with Gasteiger partial charge in [-0.1, -0.05) is 30.3 Å². The molecule has 6 nitrogen and oxygen atoms in total. The van der Waals surface area contributed by atoms with Crippen molar-refractivity contribution in [2.24, 2.45) is 0 Å². The fourth-order valence-corrected chi connectivity index (χ4v) is 1.77. The van der Waals surface area contributed by atoms with Gasteiger partial charge in [-0.2, -0.15) is 15.1 Å². The lowest BCUT2D eigenvalue weighted by Gasteiger charge is -2.06. The van der Waals surface area contributed by atoms with E-state index in [9.17, 15) is 0 Å². The highest BCUT2D eigenvalue weighted by molar-refractivity contribution is 5.86. The molecule has 0 saturated carbocycles. The molecule has 0 fully saturated rings. The van der Waals surface area contributed by atoms with Crippen molar-refractivity contribution in [1.29, 1.82) is 0 Å². The lowest BCUT2D eigenvalue weighted by atomic mass is 10.2. The van der Waals surface area contributed by atoms with E-state index in [4.69, 9.17) is 5.73 Å². The van der Waals surface area contributed by atoms with Crippen molar-refractivity contribution in [3.05, 3.63) is 42.1 Å². The highest BCUT2D eigenvalue weighted by Crippen LogP contribution is 2.19. The van der Waals surface area contributed by atoms with Gasteiger partial charge in [0.05, 0.1) is 11.6 Å². The van der Waals surface area contributed by atoms with Crippen LogP contribution in [0.4, 0.5) is 11.8 Å². The molecular formula is C12H12N6. The number of hydrogen-bond acceptors (Lipinski definition) is 5. The van der Waals surface area contributed by atoms with Gasteiger partial charge >= 0.3 is 0 Å². The van der Waals surface area contributed by atoms with Gasteiger partial charge in [0, 0.05) is 6.54 Å². The average Bonchev–Trinajstić information content (AvgIpc) is 2.85. The first-order chi connectivity index (χ1) is 8.83. The molecule has 2 aromatic heterocycles. The van der Waals surface area contributed by atoms with Gasteiger partial charge in [-0.15, -0.1) is 0 Å². The number of hydrogen-bond donors (Lipinski definition) is 3. The van der Waals surface area contributed by atoms with Gasteiger partial charge in [0.15, 0.2) is 5.65 Å². The van der Waals surface area contributed by atoms with Crippen LogP contribution in [-0.2, 0) is 6.54 Å². The summed E-state index contributed by atoms with van der Waals surface area (Å²) in [6.45, 7) is 0.678. The predicted octanol–water partition coefficient (Wildman–Crippen LogP) is 1.55. The summed E-state index contributed by atoms with van der Waals surface area (Å²) in [4.78, 5) is 8.24. The van der Waals surface area contributed by atoms with Gasteiger partial charge < -0.3 is 11.1 Å². The molecule has 0 aliphatic rings. The van der Waals surface area contributed by atoms with Crippen molar-refractivity contribution in [2.45, 2.75) is 6.54 Å². The van der Waals surface area contributed by atoms with E-state index in [0.717, 1.165) is 5.39 Å². The summed E-state index contributed by atoms with van der Waals surface area (Å²) in [6, 6.07) is 10.1. The van der Waals surface area contributed by atoms with E-state index in [1.807, 2.05) is 30.3 Å². The van der Waals surface area contributed by atoms with E-state index < -0.39 is 0 Å². The van der Waals surface area contributed by atoms with E-state index in [1.165, 1.54) is 5.56 Å². The van der Waals surface area contributed by atoms with Gasteiger partial charge in [-0.3, -0.25) is 5.10 Å². The van der Waals surface area contributed by atoms with Crippen LogP contribution in [0, 0.1) is 0 Å². The number of fused-ring (bicyclic) bond motifs is 1. The minimum Gasteiger partial charge on any atom is -0.368 e. The number of H-pyrrole nitrogens is 1. The number of aromatic nitrogens is 4. The molecule has 0 spiro atoms. The first-order valence-corrected chi connectivity index (χ1v) is 5.57. The highest BCUT2D eigenvalue weighted by Gasteiger charge is 2.07. The van der Waals surface area contributed by atoms with E-state index in [2.05, 4.69) is 25.5 Å². The second-order valence-corrected chi connectivity index (χ2v) is 3.90. The Balaban J connectivity index is 1.88. The molecule has 1 aromatic carbocycles. The fourth-order valence-electron chi connectivity index (χ4n) is 1.77. The topological polar surface area (TPSA) is 92.5 Å². The first-order valence-electron chi connectivity index (χ1n) is 5.57. The summed E-state index contributed by atoms with van der Waals surface area (Å²) in [5.41, 5.74) is 7.45. The van der Waals surface area contributed by atoms with Crippen LogP contribution >= 0.6 is 0 Å². The number of nitrogens with two attached hydrogens (primary N) is 1. The third kappa shape index (κ3) is 1.95. The molecule has 0 bridgehead atoms. The molecule has 3 rings (SSSR count). The molecule has 2 heterocycles. The Labute approximate surface area is 103 Å². The zero-order chi connectivity index (χ0) is 12.4. The van der Waals surface area contributed by atoms with Crippen LogP contribution in [0.25, 0.3) is 11.0 Å². The van der Waals surface area contributed by atoms with E-state index in [1.54, 1.807) is 6.20 Å². The van der Waals surface area contributed by atoms with Gasteiger partial charge in [-0.25, -0.2) is 0 Å². The summed E-state index contributed by atoms with van der Waals surface area (Å²) in [7, 11) is 0. The number of benzene rings is 1. The Kier molecular flexibility index (Phi) is 2.53. The Bertz CT molecular complexity index is 661. The molecule has 0 atom stereocenters. The third-order valence-corrected chi connectivity index (χ3v) is 2.63. The van der Waals surface area contributed by atoms with Gasteiger partial charge in [0.2, 0.25) is 5.95 Å². The number of anilines is 2. The highest BCUT2D eigenvalue weighted by atomic mass is 15.2. The van der Waals surface area contributed by atoms with Crippen molar-refractivity contribution in [3.63, 3.8) is 0 Å². The second kappa shape index (κ2) is 4.33. The molecule has 0 aliphatic heterocycles. The number of nitrogens with one attached hydrogen (secondary N) is 2. The minimum absolute atomic E-state index is 0.224. The monoisotopic (exact) mass is 240 g/mol. The van der Waals surface area contributed by atoms with Crippen LogP contribution in [0.5, 0.6) is 0 Å². The normalized spacial score (nSPS) is 10.7. The summed E-state index contributed by atoms with van der Waals surface area (Å²) in [6.07, 6.45) is 1.68. The molecule has 18 heavy (non-hydrogen) atoms. The molecule has 0 unspecified atom stereocenters. The van der Waals surface area contributed by atoms with Gasteiger partial charge in [0.1, 0.15) is 5.82 Å². The summed E-state index contributed by atoms with van der Waals surface area (Å²) in [5, 5.41) is 10.8. The van der Waals surface area contributed by atoms with Gasteiger partial charge in [0.25, 0.3) is 0 Å². The van der Waals surface area contributed by atoms with Crippen LogP contribution in [0.3, 0.4) is 0 Å². The maximum Gasteiger partial charge on any atom is 0.224 e. The zero-order valence-corrected chi connectivity index (χ0v) is 9.59. The van der Waals surface area contributed by atoms with Crippen molar-refractivity contribution in [1.82, 2.24) is 20.2 Å². The van der Waals surface area contributed by atoms with Crippen molar-refractivity contribution < 1.29 is 0 Å². The Morgan fingerprint density at radius 1 is 1.17 bits per heavy atom.